The number of hydrogen-bond acceptors (Lipinski definition) is 8. The van der Waals surface area contributed by atoms with Crippen LogP contribution in [0.5, 0.6) is 0 Å². The number of amides is 2. The molecule has 1 aliphatic heterocycles. The van der Waals surface area contributed by atoms with E-state index in [4.69, 9.17) is 4.74 Å². The molecule has 0 saturated carbocycles. The number of nitrogens with zero attached hydrogens (tertiary/aromatic N) is 5. The smallest absolute Gasteiger partial charge is 0.442 e. The van der Waals surface area contributed by atoms with Crippen LogP contribution in [0.25, 0.3) is 11.3 Å². The van der Waals surface area contributed by atoms with Crippen molar-refractivity contribution in [1.82, 2.24) is 10.2 Å². The highest BCUT2D eigenvalue weighted by atomic mass is 32.2. The normalized spacial score (nSPS) is 16.2. The quantitative estimate of drug-likeness (QED) is 0.335. The summed E-state index contributed by atoms with van der Waals surface area (Å²) in [6, 6.07) is 14.8. The lowest BCUT2D eigenvalue weighted by molar-refractivity contribution is -0.0102. The van der Waals surface area contributed by atoms with E-state index in [2.05, 4.69) is 25.9 Å². The van der Waals surface area contributed by atoms with Gasteiger partial charge in [0.25, 0.3) is 5.91 Å². The molecule has 44 heavy (non-hydrogen) atoms. The van der Waals surface area contributed by atoms with Crippen LogP contribution in [0, 0.1) is 18.3 Å². The predicted octanol–water partition coefficient (Wildman–Crippen LogP) is 6.59. The van der Waals surface area contributed by atoms with Crippen molar-refractivity contribution in [3.8, 4) is 17.3 Å². The maximum absolute atomic E-state index is 14.2. The summed E-state index contributed by atoms with van der Waals surface area (Å²) in [6.07, 6.45) is -0.120. The molecule has 10 nitrogen and oxygen atoms in total. The van der Waals surface area contributed by atoms with Gasteiger partial charge in [0.15, 0.2) is 5.82 Å². The van der Waals surface area contributed by atoms with Crippen molar-refractivity contribution >= 4 is 33.2 Å². The van der Waals surface area contributed by atoms with Crippen LogP contribution >= 0.6 is 0 Å². The van der Waals surface area contributed by atoms with Crippen LogP contribution in [0.3, 0.4) is 0 Å². The number of nitriles is 1. The second kappa shape index (κ2) is 12.7. The molecule has 0 bridgehead atoms. The van der Waals surface area contributed by atoms with Crippen LogP contribution in [0.1, 0.15) is 61.5 Å². The average molecular weight is 625 g/mol. The number of nitrogens with one attached hydrogen (secondary N) is 1. The SMILES string of the molecule is Cc1c(-c2ccc(C#N)cc2)nnc(N2CCCC(F)(F)CC2)c1C(=O)Nc1cccc([S@@](C)(=O)=NC(=O)OC(C)(C)C)c1. The molecule has 0 unspecified atom stereocenters. The second-order valence-corrected chi connectivity index (χ2v) is 13.9. The summed E-state index contributed by atoms with van der Waals surface area (Å²) >= 11 is 0. The molecule has 4 rings (SSSR count). The van der Waals surface area contributed by atoms with Gasteiger partial charge in [0.1, 0.15) is 5.60 Å². The van der Waals surface area contributed by atoms with Crippen LogP contribution in [-0.4, -0.2) is 57.3 Å². The summed E-state index contributed by atoms with van der Waals surface area (Å²) in [6.45, 7) is 6.95. The van der Waals surface area contributed by atoms with E-state index in [1.165, 1.54) is 18.4 Å². The van der Waals surface area contributed by atoms with Gasteiger partial charge >= 0.3 is 6.09 Å². The Morgan fingerprint density at radius 2 is 1.82 bits per heavy atom. The van der Waals surface area contributed by atoms with Crippen LogP contribution in [0.4, 0.5) is 25.1 Å². The molecule has 1 atom stereocenters. The van der Waals surface area contributed by atoms with Crippen molar-refractivity contribution in [3.05, 3.63) is 65.2 Å². The van der Waals surface area contributed by atoms with Crippen molar-refractivity contribution in [1.29, 1.82) is 5.26 Å². The molecule has 1 fully saturated rings. The molecule has 0 radical (unpaired) electrons. The summed E-state index contributed by atoms with van der Waals surface area (Å²) in [4.78, 5) is 28.0. The number of rotatable bonds is 5. The number of alkyl halides is 2. The fraction of sp³-hybridized carbons (Fsp3) is 0.387. The number of halogens is 2. The van der Waals surface area contributed by atoms with E-state index in [9.17, 15) is 27.8 Å². The first kappa shape index (κ1) is 32.5. The standard InChI is InChI=1S/C31H34F2N6O4S/c1-20-25(28(40)35-23-8-6-9-24(18-23)44(5,42)38-29(41)43-30(2,3)4)27(39-16-7-14-31(32,33)15-17-39)37-36-26(20)22-12-10-21(19-34)11-13-22/h6,8-13,18H,7,14-17H2,1-5H3,(H,35,40)/t44-/m1/s1. The highest BCUT2D eigenvalue weighted by molar-refractivity contribution is 7.93. The Balaban J connectivity index is 1.73. The zero-order chi connectivity index (χ0) is 32.3. The maximum atomic E-state index is 14.2. The Bertz CT molecular complexity index is 1740. The van der Waals surface area contributed by atoms with Crippen molar-refractivity contribution in [3.63, 3.8) is 0 Å². The fourth-order valence-corrected chi connectivity index (χ4v) is 5.84. The monoisotopic (exact) mass is 624 g/mol. The van der Waals surface area contributed by atoms with E-state index in [0.717, 1.165) is 0 Å². The molecule has 1 N–H and O–H groups in total. The van der Waals surface area contributed by atoms with E-state index in [0.29, 0.717) is 22.4 Å². The summed E-state index contributed by atoms with van der Waals surface area (Å²) in [5.74, 6) is -3.23. The Morgan fingerprint density at radius 1 is 1.11 bits per heavy atom. The highest BCUT2D eigenvalue weighted by Gasteiger charge is 2.34. The lowest BCUT2D eigenvalue weighted by atomic mass is 10.0. The maximum Gasteiger partial charge on any atom is 0.442 e. The van der Waals surface area contributed by atoms with Gasteiger partial charge in [-0.15, -0.1) is 14.6 Å². The minimum Gasteiger partial charge on any atom is -0.442 e. The third-order valence-corrected chi connectivity index (χ3v) is 8.53. The minimum atomic E-state index is -3.23. The highest BCUT2D eigenvalue weighted by Crippen LogP contribution is 2.34. The zero-order valence-electron chi connectivity index (χ0n) is 25.2. The van der Waals surface area contributed by atoms with Crippen LogP contribution in [-0.2, 0) is 14.5 Å². The molecule has 0 aliphatic carbocycles. The molecular weight excluding hydrogens is 590 g/mol. The van der Waals surface area contributed by atoms with E-state index in [-0.39, 0.29) is 54.3 Å². The van der Waals surface area contributed by atoms with Crippen molar-refractivity contribution in [2.24, 2.45) is 4.36 Å². The van der Waals surface area contributed by atoms with Gasteiger partial charge in [0.2, 0.25) is 5.92 Å². The molecule has 232 valence electrons. The summed E-state index contributed by atoms with van der Waals surface area (Å²) in [7, 11) is -3.23. The number of carbonyl (C=O) groups is 2. The molecule has 1 aliphatic rings. The Labute approximate surface area is 255 Å². The van der Waals surface area contributed by atoms with Crippen LogP contribution in [0.2, 0.25) is 0 Å². The summed E-state index contributed by atoms with van der Waals surface area (Å²) in [5.41, 5.74) is 1.52. The van der Waals surface area contributed by atoms with Gasteiger partial charge in [-0.2, -0.15) is 5.26 Å². The van der Waals surface area contributed by atoms with Gasteiger partial charge < -0.3 is 15.0 Å². The number of aromatic nitrogens is 2. The third-order valence-electron chi connectivity index (χ3n) is 6.90. The number of anilines is 2. The molecular formula is C31H34F2N6O4S. The number of benzene rings is 2. The molecule has 2 amide bonds. The lowest BCUT2D eigenvalue weighted by Crippen LogP contribution is -2.30. The minimum absolute atomic E-state index is 0.0167. The van der Waals surface area contributed by atoms with E-state index >= 15 is 0 Å². The first-order valence-electron chi connectivity index (χ1n) is 14.0. The predicted molar refractivity (Wildman–Crippen MR) is 163 cm³/mol. The topological polar surface area (TPSA) is 138 Å². The number of hydrogen-bond donors (Lipinski definition) is 1. The van der Waals surface area contributed by atoms with Crippen LogP contribution < -0.4 is 10.2 Å². The van der Waals surface area contributed by atoms with E-state index < -0.39 is 33.3 Å². The van der Waals surface area contributed by atoms with Gasteiger partial charge in [0, 0.05) is 48.3 Å². The number of carbonyl (C=O) groups excluding carboxylic acids is 2. The largest absolute Gasteiger partial charge is 0.442 e. The first-order valence-corrected chi connectivity index (χ1v) is 15.9. The molecule has 13 heteroatoms. The number of ether oxygens (including phenoxy) is 1. The molecule has 0 spiro atoms. The Hall–Kier alpha value is -4.44. The molecule has 2 heterocycles. The summed E-state index contributed by atoms with van der Waals surface area (Å²) < 4.78 is 50.7. The second-order valence-electron chi connectivity index (χ2n) is 11.6. The molecule has 1 saturated heterocycles. The third kappa shape index (κ3) is 7.93. The van der Waals surface area contributed by atoms with Gasteiger partial charge in [-0.3, -0.25) is 4.79 Å². The van der Waals surface area contributed by atoms with Gasteiger partial charge in [-0.1, -0.05) is 18.2 Å². The van der Waals surface area contributed by atoms with E-state index in [1.807, 2.05) is 0 Å². The lowest BCUT2D eigenvalue weighted by Gasteiger charge is -2.25. The van der Waals surface area contributed by atoms with Crippen molar-refractivity contribution in [2.75, 3.05) is 29.6 Å². The Kier molecular flexibility index (Phi) is 9.34. The van der Waals surface area contributed by atoms with Gasteiger partial charge in [-0.05, 0) is 70.0 Å². The van der Waals surface area contributed by atoms with E-state index in [1.54, 1.807) is 69.0 Å². The molecule has 2 aromatic carbocycles. The van der Waals surface area contributed by atoms with Crippen molar-refractivity contribution < 1.29 is 27.3 Å². The van der Waals surface area contributed by atoms with Crippen LogP contribution in [0.15, 0.2) is 57.8 Å². The average Bonchev–Trinajstić information content (AvgIpc) is 3.11. The molecule has 1 aromatic heterocycles. The summed E-state index contributed by atoms with van der Waals surface area (Å²) in [5, 5.41) is 20.7. The van der Waals surface area contributed by atoms with Gasteiger partial charge in [-0.25, -0.2) is 17.8 Å². The van der Waals surface area contributed by atoms with Gasteiger partial charge in [0.05, 0.1) is 32.6 Å². The zero-order valence-corrected chi connectivity index (χ0v) is 26.0. The fourth-order valence-electron chi connectivity index (χ4n) is 4.73. The van der Waals surface area contributed by atoms with Crippen molar-refractivity contribution in [2.45, 2.75) is 63.4 Å². The molecule has 3 aromatic rings. The Morgan fingerprint density at radius 3 is 2.48 bits per heavy atom. The first-order chi connectivity index (χ1) is 20.6.